The maximum atomic E-state index is 5.29. The van der Waals surface area contributed by atoms with Gasteiger partial charge in [-0.25, -0.2) is 4.68 Å². The highest BCUT2D eigenvalue weighted by Crippen LogP contribution is 2.35. The zero-order valence-corrected chi connectivity index (χ0v) is 11.1. The number of fused-ring (bicyclic) bond motifs is 1. The summed E-state index contributed by atoms with van der Waals surface area (Å²) in [6, 6.07) is 6.66. The maximum Gasteiger partial charge on any atom is 0.113 e. The maximum absolute atomic E-state index is 5.29. The summed E-state index contributed by atoms with van der Waals surface area (Å²) >= 11 is 2.31. The van der Waals surface area contributed by atoms with E-state index in [1.54, 1.807) is 7.11 Å². The third-order valence-electron chi connectivity index (χ3n) is 3.18. The second-order valence-electron chi connectivity index (χ2n) is 4.15. The molecule has 0 N–H and O–H groups in total. The lowest BCUT2D eigenvalue weighted by molar-refractivity contribution is 0.00332. The van der Waals surface area contributed by atoms with E-state index < -0.39 is 0 Å². The Morgan fingerprint density at radius 3 is 3.00 bits per heavy atom. The van der Waals surface area contributed by atoms with Crippen LogP contribution in [-0.2, 0) is 4.74 Å². The van der Waals surface area contributed by atoms with Crippen molar-refractivity contribution in [1.82, 2.24) is 15.0 Å². The lowest BCUT2D eigenvalue weighted by Gasteiger charge is -2.34. The second kappa shape index (κ2) is 3.96. The third kappa shape index (κ3) is 1.62. The molecule has 1 aromatic carbocycles. The van der Waals surface area contributed by atoms with Crippen molar-refractivity contribution in [2.75, 3.05) is 7.11 Å². The molecule has 4 nitrogen and oxygen atoms in total. The van der Waals surface area contributed by atoms with Gasteiger partial charge in [-0.2, -0.15) is 0 Å². The molecule has 1 aromatic heterocycles. The minimum absolute atomic E-state index is 0.395. The lowest BCUT2D eigenvalue weighted by Crippen LogP contribution is -2.33. The number of hydrogen-bond acceptors (Lipinski definition) is 3. The van der Waals surface area contributed by atoms with Crippen molar-refractivity contribution in [2.24, 2.45) is 0 Å². The molecule has 1 aliphatic rings. The summed E-state index contributed by atoms with van der Waals surface area (Å²) in [7, 11) is 1.77. The van der Waals surface area contributed by atoms with Gasteiger partial charge in [0.15, 0.2) is 0 Å². The summed E-state index contributed by atoms with van der Waals surface area (Å²) in [5, 5.41) is 8.42. The minimum Gasteiger partial charge on any atom is -0.381 e. The summed E-state index contributed by atoms with van der Waals surface area (Å²) in [5.74, 6) is 0. The highest BCUT2D eigenvalue weighted by Gasteiger charge is 2.32. The van der Waals surface area contributed by atoms with Crippen molar-refractivity contribution in [3.05, 3.63) is 21.8 Å². The van der Waals surface area contributed by atoms with Gasteiger partial charge in [-0.1, -0.05) is 5.21 Å². The summed E-state index contributed by atoms with van der Waals surface area (Å²) in [6.07, 6.45) is 2.48. The Hall–Kier alpha value is -0.690. The Morgan fingerprint density at radius 2 is 2.25 bits per heavy atom. The van der Waals surface area contributed by atoms with Crippen LogP contribution in [0.5, 0.6) is 0 Å². The first kappa shape index (κ1) is 10.5. The molecule has 0 atom stereocenters. The highest BCUT2D eigenvalue weighted by atomic mass is 127. The van der Waals surface area contributed by atoms with Crippen molar-refractivity contribution in [3.63, 3.8) is 0 Å². The van der Waals surface area contributed by atoms with E-state index in [0.717, 1.165) is 23.9 Å². The molecule has 3 rings (SSSR count). The van der Waals surface area contributed by atoms with Crippen LogP contribution in [-0.4, -0.2) is 28.2 Å². The first-order valence-corrected chi connectivity index (χ1v) is 6.39. The number of rotatable bonds is 2. The van der Waals surface area contributed by atoms with Crippen molar-refractivity contribution in [2.45, 2.75) is 25.0 Å². The number of ether oxygens (including phenoxy) is 1. The van der Waals surface area contributed by atoms with Gasteiger partial charge in [0.2, 0.25) is 0 Å². The molecule has 0 unspecified atom stereocenters. The van der Waals surface area contributed by atoms with E-state index in [-0.39, 0.29) is 0 Å². The van der Waals surface area contributed by atoms with Crippen LogP contribution in [0.2, 0.25) is 0 Å². The molecule has 0 bridgehead atoms. The van der Waals surface area contributed by atoms with Crippen molar-refractivity contribution >= 4 is 33.6 Å². The van der Waals surface area contributed by atoms with E-state index in [2.05, 4.69) is 45.0 Å². The van der Waals surface area contributed by atoms with Gasteiger partial charge < -0.3 is 4.74 Å². The average molecular weight is 329 g/mol. The van der Waals surface area contributed by atoms with E-state index in [0.29, 0.717) is 12.1 Å². The molecule has 5 heteroatoms. The zero-order chi connectivity index (χ0) is 11.1. The van der Waals surface area contributed by atoms with Crippen LogP contribution in [0.1, 0.15) is 18.9 Å². The van der Waals surface area contributed by atoms with Gasteiger partial charge in [0.05, 0.1) is 17.7 Å². The van der Waals surface area contributed by atoms with Gasteiger partial charge in [-0.05, 0) is 53.6 Å². The number of halogens is 1. The predicted octanol–water partition coefficient (Wildman–Crippen LogP) is 2.39. The quantitative estimate of drug-likeness (QED) is 0.795. The lowest BCUT2D eigenvalue weighted by atomic mass is 9.89. The van der Waals surface area contributed by atoms with Crippen molar-refractivity contribution in [3.8, 4) is 0 Å². The number of hydrogen-bond donors (Lipinski definition) is 0. The Kier molecular flexibility index (Phi) is 2.59. The SMILES string of the molecule is COC1CC(n2nnc3ccc(I)cc32)C1. The monoisotopic (exact) mass is 329 g/mol. The normalized spacial score (nSPS) is 24.6. The molecular formula is C11H12IN3O. The van der Waals surface area contributed by atoms with Gasteiger partial charge in [0, 0.05) is 10.7 Å². The van der Waals surface area contributed by atoms with Crippen LogP contribution in [0.15, 0.2) is 18.2 Å². The van der Waals surface area contributed by atoms with E-state index >= 15 is 0 Å². The van der Waals surface area contributed by atoms with E-state index in [1.807, 2.05) is 10.7 Å². The number of nitrogens with zero attached hydrogens (tertiary/aromatic N) is 3. The van der Waals surface area contributed by atoms with E-state index in [1.165, 1.54) is 3.57 Å². The van der Waals surface area contributed by atoms with Crippen molar-refractivity contribution < 1.29 is 4.74 Å². The Bertz CT molecular complexity index is 519. The van der Waals surface area contributed by atoms with Crippen LogP contribution >= 0.6 is 22.6 Å². The molecule has 16 heavy (non-hydrogen) atoms. The van der Waals surface area contributed by atoms with Crippen molar-refractivity contribution in [1.29, 1.82) is 0 Å². The molecule has 0 saturated heterocycles. The molecule has 1 aliphatic carbocycles. The van der Waals surface area contributed by atoms with Gasteiger partial charge in [0.25, 0.3) is 0 Å². The molecule has 0 spiro atoms. The third-order valence-corrected chi connectivity index (χ3v) is 3.85. The van der Waals surface area contributed by atoms with Crippen LogP contribution in [0.25, 0.3) is 11.0 Å². The fraction of sp³-hybridized carbons (Fsp3) is 0.455. The first-order valence-electron chi connectivity index (χ1n) is 5.31. The van der Waals surface area contributed by atoms with Crippen LogP contribution in [0.3, 0.4) is 0 Å². The first-order chi connectivity index (χ1) is 7.78. The standard InChI is InChI=1S/C11H12IN3O/c1-16-9-5-8(6-9)15-11-4-7(12)2-3-10(11)13-14-15/h2-4,8-9H,5-6H2,1H3. The Morgan fingerprint density at radius 1 is 1.44 bits per heavy atom. The predicted molar refractivity (Wildman–Crippen MR) is 69.3 cm³/mol. The number of aromatic nitrogens is 3. The van der Waals surface area contributed by atoms with E-state index in [4.69, 9.17) is 4.74 Å². The van der Waals surface area contributed by atoms with Gasteiger partial charge >= 0.3 is 0 Å². The average Bonchev–Trinajstić information content (AvgIpc) is 2.60. The zero-order valence-electron chi connectivity index (χ0n) is 8.93. The molecule has 1 heterocycles. The largest absolute Gasteiger partial charge is 0.381 e. The summed E-state index contributed by atoms with van der Waals surface area (Å²) in [5.41, 5.74) is 2.10. The van der Waals surface area contributed by atoms with E-state index in [9.17, 15) is 0 Å². The highest BCUT2D eigenvalue weighted by molar-refractivity contribution is 14.1. The molecule has 0 amide bonds. The second-order valence-corrected chi connectivity index (χ2v) is 5.40. The number of methoxy groups -OCH3 is 1. The molecule has 1 fully saturated rings. The van der Waals surface area contributed by atoms with Crippen LogP contribution in [0.4, 0.5) is 0 Å². The van der Waals surface area contributed by atoms with Crippen LogP contribution in [0, 0.1) is 3.57 Å². The Balaban J connectivity index is 1.96. The fourth-order valence-corrected chi connectivity index (χ4v) is 2.58. The molecule has 1 saturated carbocycles. The minimum atomic E-state index is 0.395. The van der Waals surface area contributed by atoms with Crippen LogP contribution < -0.4 is 0 Å². The molecule has 84 valence electrons. The summed E-state index contributed by atoms with van der Waals surface area (Å²) < 4.78 is 8.54. The van der Waals surface area contributed by atoms with Gasteiger partial charge in [-0.3, -0.25) is 0 Å². The topological polar surface area (TPSA) is 39.9 Å². The molecule has 0 radical (unpaired) electrons. The van der Waals surface area contributed by atoms with Gasteiger partial charge in [-0.15, -0.1) is 5.10 Å². The smallest absolute Gasteiger partial charge is 0.113 e. The summed E-state index contributed by atoms with van der Waals surface area (Å²) in [4.78, 5) is 0. The molecule has 0 aliphatic heterocycles. The number of benzene rings is 1. The Labute approximate surface area is 107 Å². The molecular weight excluding hydrogens is 317 g/mol. The van der Waals surface area contributed by atoms with Gasteiger partial charge in [0.1, 0.15) is 5.52 Å². The fourth-order valence-electron chi connectivity index (χ4n) is 2.11. The molecule has 2 aromatic rings. The summed E-state index contributed by atoms with van der Waals surface area (Å²) in [6.45, 7) is 0.